The molecular formula is C16H15N5O2. The molecule has 7 nitrogen and oxygen atoms in total. The summed E-state index contributed by atoms with van der Waals surface area (Å²) < 4.78 is 1.93. The molecule has 3 aromatic rings. The predicted molar refractivity (Wildman–Crippen MR) is 86.5 cm³/mol. The number of pyridine rings is 1. The van der Waals surface area contributed by atoms with E-state index in [9.17, 15) is 10.1 Å². The van der Waals surface area contributed by atoms with E-state index in [2.05, 4.69) is 15.3 Å². The SMILES string of the molecule is Cc1cc(NCc2ccc(-n3ccnc3)cc2)ncc1[N+](=O)[O-]. The molecule has 0 unspecified atom stereocenters. The fourth-order valence-corrected chi connectivity index (χ4v) is 2.23. The number of hydrogen-bond acceptors (Lipinski definition) is 5. The summed E-state index contributed by atoms with van der Waals surface area (Å²) in [6.45, 7) is 2.29. The van der Waals surface area contributed by atoms with Crippen molar-refractivity contribution in [1.82, 2.24) is 14.5 Å². The number of aryl methyl sites for hydroxylation is 1. The highest BCUT2D eigenvalue weighted by molar-refractivity contribution is 5.47. The van der Waals surface area contributed by atoms with Crippen LogP contribution in [0.1, 0.15) is 11.1 Å². The van der Waals surface area contributed by atoms with E-state index in [4.69, 9.17) is 0 Å². The number of anilines is 1. The molecule has 1 aromatic carbocycles. The Balaban J connectivity index is 1.66. The van der Waals surface area contributed by atoms with Gasteiger partial charge in [-0.25, -0.2) is 9.97 Å². The van der Waals surface area contributed by atoms with E-state index in [1.165, 1.54) is 6.20 Å². The molecule has 1 N–H and O–H groups in total. The summed E-state index contributed by atoms with van der Waals surface area (Å²) >= 11 is 0. The van der Waals surface area contributed by atoms with Crippen LogP contribution in [0.15, 0.2) is 55.2 Å². The van der Waals surface area contributed by atoms with Gasteiger partial charge in [-0.15, -0.1) is 0 Å². The fraction of sp³-hybridized carbons (Fsp3) is 0.125. The molecule has 7 heteroatoms. The van der Waals surface area contributed by atoms with Crippen LogP contribution < -0.4 is 5.32 Å². The molecule has 0 amide bonds. The van der Waals surface area contributed by atoms with Gasteiger partial charge in [0.25, 0.3) is 5.69 Å². The molecule has 0 aliphatic carbocycles. The topological polar surface area (TPSA) is 85.9 Å². The van der Waals surface area contributed by atoms with Gasteiger partial charge in [0.1, 0.15) is 12.0 Å². The molecule has 2 heterocycles. The molecule has 0 saturated carbocycles. The number of nitro groups is 1. The van der Waals surface area contributed by atoms with E-state index < -0.39 is 4.92 Å². The molecule has 0 fully saturated rings. The first-order valence-electron chi connectivity index (χ1n) is 7.05. The summed E-state index contributed by atoms with van der Waals surface area (Å²) in [7, 11) is 0. The maximum absolute atomic E-state index is 10.8. The van der Waals surface area contributed by atoms with Gasteiger partial charge >= 0.3 is 0 Å². The minimum atomic E-state index is -0.430. The molecule has 0 bridgehead atoms. The zero-order chi connectivity index (χ0) is 16.2. The van der Waals surface area contributed by atoms with Crippen molar-refractivity contribution in [3.8, 4) is 5.69 Å². The molecule has 2 aromatic heterocycles. The Morgan fingerprint density at radius 1 is 1.30 bits per heavy atom. The maximum atomic E-state index is 10.8. The second kappa shape index (κ2) is 6.27. The second-order valence-electron chi connectivity index (χ2n) is 5.10. The lowest BCUT2D eigenvalue weighted by molar-refractivity contribution is -0.385. The van der Waals surface area contributed by atoms with Crippen molar-refractivity contribution in [2.45, 2.75) is 13.5 Å². The minimum absolute atomic E-state index is 0.0280. The number of rotatable bonds is 5. The first-order chi connectivity index (χ1) is 11.1. The van der Waals surface area contributed by atoms with Crippen molar-refractivity contribution in [1.29, 1.82) is 0 Å². The average Bonchev–Trinajstić information content (AvgIpc) is 3.07. The Labute approximate surface area is 132 Å². The highest BCUT2D eigenvalue weighted by atomic mass is 16.6. The number of nitrogens with one attached hydrogen (secondary N) is 1. The molecule has 0 aliphatic rings. The lowest BCUT2D eigenvalue weighted by atomic mass is 10.2. The Hall–Kier alpha value is -3.22. The third kappa shape index (κ3) is 3.34. The third-order valence-electron chi connectivity index (χ3n) is 3.49. The zero-order valence-electron chi connectivity index (χ0n) is 12.5. The monoisotopic (exact) mass is 309 g/mol. The van der Waals surface area contributed by atoms with Gasteiger partial charge in [-0.3, -0.25) is 10.1 Å². The highest BCUT2D eigenvalue weighted by Gasteiger charge is 2.11. The van der Waals surface area contributed by atoms with Crippen molar-refractivity contribution < 1.29 is 4.92 Å². The summed E-state index contributed by atoms with van der Waals surface area (Å²) in [5, 5.41) is 13.9. The molecule has 0 saturated heterocycles. The van der Waals surface area contributed by atoms with E-state index in [1.807, 2.05) is 35.0 Å². The number of imidazole rings is 1. The molecule has 23 heavy (non-hydrogen) atoms. The maximum Gasteiger partial charge on any atom is 0.290 e. The number of benzene rings is 1. The molecule has 0 spiro atoms. The van der Waals surface area contributed by atoms with Crippen LogP contribution in [-0.4, -0.2) is 19.5 Å². The molecule has 0 aliphatic heterocycles. The minimum Gasteiger partial charge on any atom is -0.366 e. The van der Waals surface area contributed by atoms with Crippen LogP contribution >= 0.6 is 0 Å². The van der Waals surface area contributed by atoms with Gasteiger partial charge in [0, 0.05) is 30.2 Å². The lowest BCUT2D eigenvalue weighted by Gasteiger charge is -2.08. The Kier molecular flexibility index (Phi) is 4.01. The first kappa shape index (κ1) is 14.7. The van der Waals surface area contributed by atoms with Gasteiger partial charge in [0.15, 0.2) is 0 Å². The third-order valence-corrected chi connectivity index (χ3v) is 3.49. The smallest absolute Gasteiger partial charge is 0.290 e. The largest absolute Gasteiger partial charge is 0.366 e. The van der Waals surface area contributed by atoms with Gasteiger partial charge in [-0.05, 0) is 30.7 Å². The second-order valence-corrected chi connectivity index (χ2v) is 5.10. The standard InChI is InChI=1S/C16H15N5O2/c1-12-8-16(19-10-15(12)21(22)23)18-9-13-2-4-14(5-3-13)20-7-6-17-11-20/h2-8,10-11H,9H2,1H3,(H,18,19). The van der Waals surface area contributed by atoms with Gasteiger partial charge in [-0.1, -0.05) is 12.1 Å². The Morgan fingerprint density at radius 2 is 2.09 bits per heavy atom. The Morgan fingerprint density at radius 3 is 2.70 bits per heavy atom. The zero-order valence-corrected chi connectivity index (χ0v) is 12.5. The molecule has 0 atom stereocenters. The quantitative estimate of drug-likeness (QED) is 0.578. The predicted octanol–water partition coefficient (Wildman–Crippen LogP) is 3.10. The van der Waals surface area contributed by atoms with E-state index in [0.717, 1.165) is 11.3 Å². The highest BCUT2D eigenvalue weighted by Crippen LogP contribution is 2.19. The van der Waals surface area contributed by atoms with E-state index in [1.54, 1.807) is 25.5 Å². The van der Waals surface area contributed by atoms with Crippen molar-refractivity contribution in [3.63, 3.8) is 0 Å². The van der Waals surface area contributed by atoms with Crippen LogP contribution in [0.4, 0.5) is 11.5 Å². The van der Waals surface area contributed by atoms with Crippen LogP contribution in [-0.2, 0) is 6.54 Å². The van der Waals surface area contributed by atoms with E-state index in [0.29, 0.717) is 17.9 Å². The normalized spacial score (nSPS) is 10.5. The Bertz CT molecular complexity index is 813. The fourth-order valence-electron chi connectivity index (χ4n) is 2.23. The van der Waals surface area contributed by atoms with Crippen LogP contribution in [0.2, 0.25) is 0 Å². The van der Waals surface area contributed by atoms with E-state index >= 15 is 0 Å². The van der Waals surface area contributed by atoms with Crippen LogP contribution in [0.3, 0.4) is 0 Å². The van der Waals surface area contributed by atoms with Gasteiger partial charge in [0.05, 0.1) is 11.3 Å². The van der Waals surface area contributed by atoms with Crippen LogP contribution in [0, 0.1) is 17.0 Å². The van der Waals surface area contributed by atoms with Gasteiger partial charge < -0.3 is 9.88 Å². The van der Waals surface area contributed by atoms with Crippen LogP contribution in [0.5, 0.6) is 0 Å². The number of hydrogen-bond donors (Lipinski definition) is 1. The molecule has 116 valence electrons. The van der Waals surface area contributed by atoms with Crippen LogP contribution in [0.25, 0.3) is 5.69 Å². The van der Waals surface area contributed by atoms with Crippen molar-refractivity contribution in [3.05, 3.63) is 76.5 Å². The summed E-state index contributed by atoms with van der Waals surface area (Å²) in [5.41, 5.74) is 2.74. The summed E-state index contributed by atoms with van der Waals surface area (Å²) in [6, 6.07) is 9.72. The molecule has 3 rings (SSSR count). The number of aromatic nitrogens is 3. The molecule has 0 radical (unpaired) electrons. The van der Waals surface area contributed by atoms with Crippen molar-refractivity contribution >= 4 is 11.5 Å². The van der Waals surface area contributed by atoms with Gasteiger partial charge in [-0.2, -0.15) is 0 Å². The summed E-state index contributed by atoms with van der Waals surface area (Å²) in [4.78, 5) is 18.4. The van der Waals surface area contributed by atoms with Crippen molar-refractivity contribution in [2.75, 3.05) is 5.32 Å². The number of nitrogens with zero attached hydrogens (tertiary/aromatic N) is 4. The average molecular weight is 309 g/mol. The summed E-state index contributed by atoms with van der Waals surface area (Å²) in [5.74, 6) is 0.617. The van der Waals surface area contributed by atoms with E-state index in [-0.39, 0.29) is 5.69 Å². The first-order valence-corrected chi connectivity index (χ1v) is 7.05. The summed E-state index contributed by atoms with van der Waals surface area (Å²) in [6.07, 6.45) is 6.64. The van der Waals surface area contributed by atoms with Gasteiger partial charge in [0.2, 0.25) is 0 Å². The molecular weight excluding hydrogens is 294 g/mol. The lowest BCUT2D eigenvalue weighted by Crippen LogP contribution is -2.03. The van der Waals surface area contributed by atoms with Crippen molar-refractivity contribution in [2.24, 2.45) is 0 Å².